The van der Waals surface area contributed by atoms with Crippen molar-refractivity contribution in [3.05, 3.63) is 101 Å². The number of anilines is 1. The summed E-state index contributed by atoms with van der Waals surface area (Å²) >= 11 is 0. The van der Waals surface area contributed by atoms with E-state index >= 15 is 0 Å². The fourth-order valence-corrected chi connectivity index (χ4v) is 2.82. The molecular weight excluding hydrogens is 364 g/mol. The number of hydrogen-bond donors (Lipinski definition) is 2. The normalized spacial score (nSPS) is 10.7. The first-order valence-corrected chi connectivity index (χ1v) is 9.17. The molecule has 3 rings (SSSR count). The largest absolute Gasteiger partial charge is 0.489 e. The molecule has 0 heterocycles. The van der Waals surface area contributed by atoms with E-state index in [1.165, 1.54) is 6.08 Å². The number of hydrogen-bond acceptors (Lipinski definition) is 3. The third kappa shape index (κ3) is 5.81. The molecule has 0 aliphatic rings. The van der Waals surface area contributed by atoms with Gasteiger partial charge in [0.05, 0.1) is 0 Å². The quantitative estimate of drug-likeness (QED) is 0.593. The third-order valence-corrected chi connectivity index (χ3v) is 4.29. The first-order valence-electron chi connectivity index (χ1n) is 9.17. The molecule has 0 atom stereocenters. The minimum absolute atomic E-state index is 0.271. The van der Waals surface area contributed by atoms with Crippen molar-refractivity contribution in [3.63, 3.8) is 0 Å². The van der Waals surface area contributed by atoms with Crippen molar-refractivity contribution in [2.24, 2.45) is 5.73 Å². The molecule has 2 amide bonds. The van der Waals surface area contributed by atoms with Gasteiger partial charge in [0.25, 0.3) is 0 Å². The summed E-state index contributed by atoms with van der Waals surface area (Å²) in [5.41, 5.74) is 8.98. The van der Waals surface area contributed by atoms with Crippen LogP contribution in [0.3, 0.4) is 0 Å². The number of nitrogens with two attached hydrogens (primary N) is 1. The summed E-state index contributed by atoms with van der Waals surface area (Å²) in [6.07, 6.45) is 3.17. The van der Waals surface area contributed by atoms with Crippen LogP contribution in [0.25, 0.3) is 6.08 Å². The van der Waals surface area contributed by atoms with Crippen LogP contribution in [0.2, 0.25) is 0 Å². The van der Waals surface area contributed by atoms with Crippen LogP contribution in [-0.2, 0) is 11.4 Å². The summed E-state index contributed by atoms with van der Waals surface area (Å²) in [4.78, 5) is 23.5. The van der Waals surface area contributed by atoms with E-state index in [2.05, 4.69) is 5.32 Å². The van der Waals surface area contributed by atoms with Crippen molar-refractivity contribution in [1.29, 1.82) is 0 Å². The van der Waals surface area contributed by atoms with Gasteiger partial charge in [0.15, 0.2) is 0 Å². The number of primary amides is 1. The molecule has 0 aliphatic carbocycles. The molecular formula is C24H22N2O3. The van der Waals surface area contributed by atoms with Crippen LogP contribution in [-0.4, -0.2) is 11.8 Å². The van der Waals surface area contributed by atoms with E-state index in [0.717, 1.165) is 16.9 Å². The molecule has 3 aromatic carbocycles. The van der Waals surface area contributed by atoms with Gasteiger partial charge in [-0.15, -0.1) is 0 Å². The Balaban J connectivity index is 1.60. The maximum absolute atomic E-state index is 12.2. The van der Waals surface area contributed by atoms with Crippen molar-refractivity contribution in [1.82, 2.24) is 0 Å². The van der Waals surface area contributed by atoms with Crippen molar-refractivity contribution in [2.75, 3.05) is 5.32 Å². The standard InChI is InChI=1S/C24H22N2O3/c1-17-14-20(11-12-22(17)24(25)28)26-23(27)13-10-18-8-5-9-21(15-18)29-16-19-6-3-2-4-7-19/h2-15H,16H2,1H3,(H2,25,28)(H,26,27)/b13-10+. The number of ether oxygens (including phenoxy) is 1. The molecule has 3 N–H and O–H groups in total. The lowest BCUT2D eigenvalue weighted by Gasteiger charge is -2.07. The van der Waals surface area contributed by atoms with Gasteiger partial charge < -0.3 is 15.8 Å². The maximum atomic E-state index is 12.2. The molecule has 0 fully saturated rings. The summed E-state index contributed by atoms with van der Waals surface area (Å²) in [5, 5.41) is 2.77. The summed E-state index contributed by atoms with van der Waals surface area (Å²) < 4.78 is 5.81. The maximum Gasteiger partial charge on any atom is 0.248 e. The minimum atomic E-state index is -0.491. The molecule has 146 valence electrons. The van der Waals surface area contributed by atoms with Gasteiger partial charge in [-0.25, -0.2) is 0 Å². The Morgan fingerprint density at radius 3 is 2.52 bits per heavy atom. The molecule has 0 aliphatic heterocycles. The fourth-order valence-electron chi connectivity index (χ4n) is 2.82. The second-order valence-electron chi connectivity index (χ2n) is 6.56. The lowest BCUT2D eigenvalue weighted by Crippen LogP contribution is -2.13. The Bertz CT molecular complexity index is 1040. The summed E-state index contributed by atoms with van der Waals surface area (Å²) in [7, 11) is 0. The Morgan fingerprint density at radius 2 is 1.79 bits per heavy atom. The van der Waals surface area contributed by atoms with Crippen molar-refractivity contribution in [2.45, 2.75) is 13.5 Å². The molecule has 0 spiro atoms. The highest BCUT2D eigenvalue weighted by molar-refractivity contribution is 6.02. The van der Waals surface area contributed by atoms with E-state index in [9.17, 15) is 9.59 Å². The Morgan fingerprint density at radius 1 is 1.00 bits per heavy atom. The SMILES string of the molecule is Cc1cc(NC(=O)/C=C/c2cccc(OCc3ccccc3)c2)ccc1C(N)=O. The molecule has 0 bridgehead atoms. The monoisotopic (exact) mass is 386 g/mol. The minimum Gasteiger partial charge on any atom is -0.489 e. The second kappa shape index (κ2) is 9.37. The van der Waals surface area contributed by atoms with Gasteiger partial charge in [-0.1, -0.05) is 42.5 Å². The Hall–Kier alpha value is -3.86. The predicted molar refractivity (Wildman–Crippen MR) is 115 cm³/mol. The van der Waals surface area contributed by atoms with E-state index in [1.54, 1.807) is 31.2 Å². The number of aryl methyl sites for hydroxylation is 1. The van der Waals surface area contributed by atoms with Crippen molar-refractivity contribution >= 4 is 23.6 Å². The first kappa shape index (κ1) is 19.9. The van der Waals surface area contributed by atoms with Gasteiger partial charge in [-0.3, -0.25) is 9.59 Å². The molecule has 0 radical (unpaired) electrons. The zero-order chi connectivity index (χ0) is 20.6. The topological polar surface area (TPSA) is 81.4 Å². The number of carbonyl (C=O) groups is 2. The van der Waals surface area contributed by atoms with Crippen LogP contribution in [0.5, 0.6) is 5.75 Å². The van der Waals surface area contributed by atoms with Crippen LogP contribution in [0, 0.1) is 6.92 Å². The lowest BCUT2D eigenvalue weighted by atomic mass is 10.1. The average molecular weight is 386 g/mol. The van der Waals surface area contributed by atoms with E-state index in [1.807, 2.05) is 54.6 Å². The molecule has 0 aromatic heterocycles. The van der Waals surface area contributed by atoms with Crippen LogP contribution in [0.4, 0.5) is 5.69 Å². The predicted octanol–water partition coefficient (Wildman–Crippen LogP) is 4.32. The van der Waals surface area contributed by atoms with E-state index in [-0.39, 0.29) is 5.91 Å². The lowest BCUT2D eigenvalue weighted by molar-refractivity contribution is -0.111. The summed E-state index contributed by atoms with van der Waals surface area (Å²) in [6.45, 7) is 2.25. The molecule has 29 heavy (non-hydrogen) atoms. The number of rotatable bonds is 7. The summed E-state index contributed by atoms with van der Waals surface area (Å²) in [6, 6.07) is 22.4. The first-order chi connectivity index (χ1) is 14.0. The van der Waals surface area contributed by atoms with Gasteiger partial charge in [0, 0.05) is 17.3 Å². The van der Waals surface area contributed by atoms with Gasteiger partial charge in [-0.2, -0.15) is 0 Å². The van der Waals surface area contributed by atoms with Crippen molar-refractivity contribution in [3.8, 4) is 5.75 Å². The molecule has 0 unspecified atom stereocenters. The van der Waals surface area contributed by atoms with Gasteiger partial charge >= 0.3 is 0 Å². The molecule has 5 nitrogen and oxygen atoms in total. The van der Waals surface area contributed by atoms with Crippen LogP contribution in [0.1, 0.15) is 27.0 Å². The number of amides is 2. The zero-order valence-electron chi connectivity index (χ0n) is 16.1. The fraction of sp³-hybridized carbons (Fsp3) is 0.0833. The van der Waals surface area contributed by atoms with Gasteiger partial charge in [0.2, 0.25) is 11.8 Å². The van der Waals surface area contributed by atoms with Crippen LogP contribution >= 0.6 is 0 Å². The van der Waals surface area contributed by atoms with Crippen LogP contribution < -0.4 is 15.8 Å². The Kier molecular flexibility index (Phi) is 6.43. The van der Waals surface area contributed by atoms with Gasteiger partial charge in [0.1, 0.15) is 12.4 Å². The highest BCUT2D eigenvalue weighted by atomic mass is 16.5. The van der Waals surface area contributed by atoms with Crippen LogP contribution in [0.15, 0.2) is 78.9 Å². The second-order valence-corrected chi connectivity index (χ2v) is 6.56. The van der Waals surface area contributed by atoms with Gasteiger partial charge in [-0.05, 0) is 60.0 Å². The zero-order valence-corrected chi connectivity index (χ0v) is 16.1. The Labute approximate surface area is 169 Å². The average Bonchev–Trinajstić information content (AvgIpc) is 2.72. The molecule has 0 saturated heterocycles. The van der Waals surface area contributed by atoms with E-state index in [0.29, 0.717) is 23.4 Å². The molecule has 5 heteroatoms. The molecule has 0 saturated carbocycles. The summed E-state index contributed by atoms with van der Waals surface area (Å²) in [5.74, 6) is -0.0319. The molecule has 3 aromatic rings. The van der Waals surface area contributed by atoms with E-state index in [4.69, 9.17) is 10.5 Å². The smallest absolute Gasteiger partial charge is 0.248 e. The number of nitrogens with one attached hydrogen (secondary N) is 1. The number of carbonyl (C=O) groups excluding carboxylic acids is 2. The van der Waals surface area contributed by atoms with Crippen molar-refractivity contribution < 1.29 is 14.3 Å². The highest BCUT2D eigenvalue weighted by Crippen LogP contribution is 2.17. The highest BCUT2D eigenvalue weighted by Gasteiger charge is 2.06. The number of benzene rings is 3. The van der Waals surface area contributed by atoms with E-state index < -0.39 is 5.91 Å². The third-order valence-electron chi connectivity index (χ3n) is 4.29.